The van der Waals surface area contributed by atoms with Crippen molar-refractivity contribution in [1.82, 2.24) is 0 Å². The van der Waals surface area contributed by atoms with E-state index in [1.807, 2.05) is 0 Å². The lowest BCUT2D eigenvalue weighted by molar-refractivity contribution is 0.431. The lowest BCUT2D eigenvalue weighted by Crippen LogP contribution is -2.30. The summed E-state index contributed by atoms with van der Waals surface area (Å²) in [5, 5.41) is 0. The van der Waals surface area contributed by atoms with Gasteiger partial charge in [-0.15, -0.1) is 0 Å². The second-order valence-corrected chi connectivity index (χ2v) is 7.38. The van der Waals surface area contributed by atoms with Gasteiger partial charge >= 0.3 is 0 Å². The van der Waals surface area contributed by atoms with Crippen LogP contribution in [0.1, 0.15) is 25.7 Å². The van der Waals surface area contributed by atoms with E-state index in [1.165, 1.54) is 45.8 Å². The van der Waals surface area contributed by atoms with Gasteiger partial charge in [0.15, 0.2) is 0 Å². The van der Waals surface area contributed by atoms with E-state index < -0.39 is 0 Å². The van der Waals surface area contributed by atoms with Crippen LogP contribution >= 0.6 is 31.9 Å². The highest BCUT2D eigenvalue weighted by atomic mass is 79.9. The molecule has 18 heavy (non-hydrogen) atoms. The van der Waals surface area contributed by atoms with Crippen molar-refractivity contribution < 1.29 is 0 Å². The molecule has 0 radical (unpaired) electrons. The third-order valence-electron chi connectivity index (χ3n) is 4.67. The molecule has 0 saturated heterocycles. The third-order valence-corrected chi connectivity index (χ3v) is 6.35. The van der Waals surface area contributed by atoms with Gasteiger partial charge in [-0.05, 0) is 46.9 Å². The minimum Gasteiger partial charge on any atom is -0.0654 e. The fourth-order valence-electron chi connectivity index (χ4n) is 3.83. The zero-order chi connectivity index (χ0) is 12.3. The van der Waals surface area contributed by atoms with Crippen molar-refractivity contribution in [1.29, 1.82) is 0 Å². The summed E-state index contributed by atoms with van der Waals surface area (Å²) in [5.41, 5.74) is 6.33. The molecule has 0 bridgehead atoms. The van der Waals surface area contributed by atoms with E-state index in [2.05, 4.69) is 56.2 Å². The second kappa shape index (κ2) is 4.08. The molecule has 0 N–H and O–H groups in total. The van der Waals surface area contributed by atoms with Crippen molar-refractivity contribution in [2.75, 3.05) is 0 Å². The van der Waals surface area contributed by atoms with Crippen LogP contribution in [0.15, 0.2) is 55.6 Å². The Bertz CT molecular complexity index is 584. The third kappa shape index (κ3) is 1.48. The molecular formula is C16H14Br2. The summed E-state index contributed by atoms with van der Waals surface area (Å²) in [7, 11) is 0. The van der Waals surface area contributed by atoms with Crippen LogP contribution in [0.3, 0.4) is 0 Å². The van der Waals surface area contributed by atoms with E-state index >= 15 is 0 Å². The van der Waals surface area contributed by atoms with Crippen LogP contribution in [-0.4, -0.2) is 0 Å². The Morgan fingerprint density at radius 3 is 2.78 bits per heavy atom. The summed E-state index contributed by atoms with van der Waals surface area (Å²) in [5.74, 6) is 1.28. The van der Waals surface area contributed by atoms with Gasteiger partial charge in [0, 0.05) is 16.3 Å². The molecular weight excluding hydrogens is 352 g/mol. The van der Waals surface area contributed by atoms with Crippen LogP contribution in [0, 0.1) is 11.8 Å². The Morgan fingerprint density at radius 2 is 1.89 bits per heavy atom. The maximum atomic E-state index is 3.78. The van der Waals surface area contributed by atoms with Gasteiger partial charge in [-0.2, -0.15) is 0 Å². The summed E-state index contributed by atoms with van der Waals surface area (Å²) in [4.78, 5) is 0. The molecule has 0 aromatic heterocycles. The van der Waals surface area contributed by atoms with E-state index in [4.69, 9.17) is 0 Å². The van der Waals surface area contributed by atoms with E-state index in [0.717, 1.165) is 0 Å². The zero-order valence-electron chi connectivity index (χ0n) is 10.0. The van der Waals surface area contributed by atoms with Crippen molar-refractivity contribution in [3.63, 3.8) is 0 Å². The van der Waals surface area contributed by atoms with Crippen LogP contribution in [0.2, 0.25) is 0 Å². The summed E-state index contributed by atoms with van der Waals surface area (Å²) in [6.45, 7) is 0. The maximum Gasteiger partial charge on any atom is 0.0169 e. The quantitative estimate of drug-likeness (QED) is 0.528. The van der Waals surface area contributed by atoms with Gasteiger partial charge in [-0.25, -0.2) is 0 Å². The first kappa shape index (κ1) is 11.5. The van der Waals surface area contributed by atoms with Crippen molar-refractivity contribution in [2.45, 2.75) is 25.7 Å². The number of hydrogen-bond donors (Lipinski definition) is 0. The van der Waals surface area contributed by atoms with Crippen molar-refractivity contribution in [3.05, 3.63) is 55.6 Å². The summed E-state index contributed by atoms with van der Waals surface area (Å²) in [6.07, 6.45) is 14.2. The molecule has 0 aliphatic heterocycles. The first-order valence-corrected chi connectivity index (χ1v) is 8.20. The van der Waals surface area contributed by atoms with Crippen LogP contribution < -0.4 is 0 Å². The highest BCUT2D eigenvalue weighted by Crippen LogP contribution is 2.54. The molecule has 0 fully saturated rings. The van der Waals surface area contributed by atoms with Gasteiger partial charge in [0.25, 0.3) is 0 Å². The monoisotopic (exact) mass is 364 g/mol. The number of allylic oxidation sites excluding steroid dienone is 10. The van der Waals surface area contributed by atoms with Gasteiger partial charge in [-0.3, -0.25) is 0 Å². The first-order chi connectivity index (χ1) is 8.75. The predicted molar refractivity (Wildman–Crippen MR) is 82.7 cm³/mol. The lowest BCUT2D eigenvalue weighted by Gasteiger charge is -2.43. The molecule has 2 heteroatoms. The highest BCUT2D eigenvalue weighted by Gasteiger charge is 2.40. The smallest absolute Gasteiger partial charge is 0.0169 e. The number of halogens is 2. The summed E-state index contributed by atoms with van der Waals surface area (Å²) in [6, 6.07) is 0. The zero-order valence-corrected chi connectivity index (χ0v) is 13.2. The van der Waals surface area contributed by atoms with Crippen LogP contribution in [-0.2, 0) is 0 Å². The number of rotatable bonds is 0. The van der Waals surface area contributed by atoms with Crippen molar-refractivity contribution >= 4 is 31.9 Å². The molecule has 4 rings (SSSR count). The topological polar surface area (TPSA) is 0 Å². The molecule has 0 aromatic rings. The Labute approximate surface area is 124 Å². The van der Waals surface area contributed by atoms with Gasteiger partial charge in [0.1, 0.15) is 0 Å². The van der Waals surface area contributed by atoms with E-state index in [0.29, 0.717) is 11.8 Å². The highest BCUT2D eigenvalue weighted by molar-refractivity contribution is 9.12. The molecule has 0 spiro atoms. The molecule has 2 unspecified atom stereocenters. The fourth-order valence-corrected chi connectivity index (χ4v) is 5.00. The molecule has 0 heterocycles. The second-order valence-electron chi connectivity index (χ2n) is 5.51. The van der Waals surface area contributed by atoms with Crippen LogP contribution in [0.4, 0.5) is 0 Å². The summed E-state index contributed by atoms with van der Waals surface area (Å²) < 4.78 is 2.79. The Kier molecular flexibility index (Phi) is 2.60. The van der Waals surface area contributed by atoms with Crippen LogP contribution in [0.5, 0.6) is 0 Å². The van der Waals surface area contributed by atoms with E-state index in [1.54, 1.807) is 11.1 Å². The Hall–Kier alpha value is -0.340. The lowest BCUT2D eigenvalue weighted by atomic mass is 9.63. The van der Waals surface area contributed by atoms with E-state index in [9.17, 15) is 0 Å². The minimum absolute atomic E-state index is 0.612. The Morgan fingerprint density at radius 1 is 1.00 bits per heavy atom. The van der Waals surface area contributed by atoms with E-state index in [-0.39, 0.29) is 0 Å². The molecule has 0 amide bonds. The average molecular weight is 366 g/mol. The number of hydrogen-bond acceptors (Lipinski definition) is 0. The Balaban J connectivity index is 1.98. The maximum absolute atomic E-state index is 3.78. The summed E-state index contributed by atoms with van der Waals surface area (Å²) >= 11 is 7.56. The van der Waals surface area contributed by atoms with Crippen molar-refractivity contribution in [3.8, 4) is 0 Å². The molecule has 92 valence electrons. The molecule has 2 atom stereocenters. The van der Waals surface area contributed by atoms with Gasteiger partial charge in [-0.1, -0.05) is 61.7 Å². The largest absolute Gasteiger partial charge is 0.0654 e. The first-order valence-electron chi connectivity index (χ1n) is 6.62. The van der Waals surface area contributed by atoms with Gasteiger partial charge in [0.05, 0.1) is 0 Å². The SMILES string of the molecule is BrC1=CC=C2C=CC3=C(Br)CCC4=C3C2C1CC4. The van der Waals surface area contributed by atoms with Crippen LogP contribution in [0.25, 0.3) is 0 Å². The molecule has 0 nitrogen and oxygen atoms in total. The van der Waals surface area contributed by atoms with Gasteiger partial charge < -0.3 is 0 Å². The molecule has 4 aliphatic rings. The minimum atomic E-state index is 0.612. The molecule has 0 aromatic carbocycles. The molecule has 0 saturated carbocycles. The predicted octanol–water partition coefficient (Wildman–Crippen LogP) is 5.54. The average Bonchev–Trinajstić information content (AvgIpc) is 2.40. The fraction of sp³-hybridized carbons (Fsp3) is 0.375. The van der Waals surface area contributed by atoms with Gasteiger partial charge in [0.2, 0.25) is 0 Å². The van der Waals surface area contributed by atoms with Crippen molar-refractivity contribution in [2.24, 2.45) is 11.8 Å². The standard InChI is InChI=1S/C16H14Br2/c17-13-8-4-10-2-6-12-14(18)7-3-9-1-5-11(13)16(10)15(9)12/h1,3,5,7,12,15H,2,4,6,8H2. The molecule has 4 aliphatic carbocycles. The normalized spacial score (nSPS) is 33.2.